The Morgan fingerprint density at radius 3 is 2.95 bits per heavy atom. The van der Waals surface area contributed by atoms with E-state index in [9.17, 15) is 9.90 Å². The van der Waals surface area contributed by atoms with Gasteiger partial charge >= 0.3 is 0 Å². The Hall–Kier alpha value is -1.63. The molecule has 0 bridgehead atoms. The number of nitrogen functional groups attached to an aromatic ring is 1. The van der Waals surface area contributed by atoms with Crippen molar-refractivity contribution in [1.82, 2.24) is 4.90 Å². The van der Waals surface area contributed by atoms with E-state index in [1.165, 1.54) is 0 Å². The Morgan fingerprint density at radius 2 is 2.35 bits per heavy atom. The number of anilines is 1. The molecule has 1 aromatic carbocycles. The number of carbonyl (C=O) groups excluding carboxylic acids is 1. The first-order valence-electron chi connectivity index (χ1n) is 6.67. The van der Waals surface area contributed by atoms with Crippen LogP contribution in [0, 0.1) is 6.92 Å². The van der Waals surface area contributed by atoms with Crippen LogP contribution in [0.15, 0.2) is 18.2 Å². The molecule has 2 unspecified atom stereocenters. The molecule has 0 aliphatic carbocycles. The summed E-state index contributed by atoms with van der Waals surface area (Å²) in [7, 11) is 0. The number of nitrogens with two attached hydrogens (primary N) is 1. The molecule has 1 saturated heterocycles. The summed E-state index contributed by atoms with van der Waals surface area (Å²) < 4.78 is 5.45. The number of nitrogens with one attached hydrogen (secondary N) is 1. The molecule has 0 radical (unpaired) electrons. The number of rotatable bonds is 3. The first-order chi connectivity index (χ1) is 9.56. The fraction of sp³-hybridized carbons (Fsp3) is 0.500. The van der Waals surface area contributed by atoms with Gasteiger partial charge in [-0.15, -0.1) is 0 Å². The van der Waals surface area contributed by atoms with E-state index in [0.29, 0.717) is 18.7 Å². The van der Waals surface area contributed by atoms with E-state index in [0.717, 1.165) is 11.3 Å². The van der Waals surface area contributed by atoms with Gasteiger partial charge in [0.2, 0.25) is 0 Å². The fourth-order valence-corrected chi connectivity index (χ4v) is 2.36. The van der Waals surface area contributed by atoms with Crippen LogP contribution in [-0.4, -0.2) is 47.8 Å². The molecule has 6 heteroatoms. The average molecular weight is 279 g/mol. The zero-order chi connectivity index (χ0) is 14.7. The lowest BCUT2D eigenvalue weighted by molar-refractivity contribution is -0.0667. The molecule has 0 aromatic heterocycles. The minimum absolute atomic E-state index is 0.00277. The highest BCUT2D eigenvalue weighted by molar-refractivity contribution is 5.96. The second-order valence-electron chi connectivity index (χ2n) is 5.12. The predicted octanol–water partition coefficient (Wildman–Crippen LogP) is 0.502. The summed E-state index contributed by atoms with van der Waals surface area (Å²) in [5, 5.41) is 9.19. The molecule has 1 aliphatic heterocycles. The largest absolute Gasteiger partial charge is 0.394 e. The van der Waals surface area contributed by atoms with Crippen LogP contribution in [0.3, 0.4) is 0 Å². The van der Waals surface area contributed by atoms with Gasteiger partial charge in [-0.05, 0) is 37.6 Å². The van der Waals surface area contributed by atoms with Gasteiger partial charge in [-0.25, -0.2) is 0 Å². The first-order valence-corrected chi connectivity index (χ1v) is 6.67. The molecule has 1 aromatic rings. The standard InChI is InChI=1S/C14H21N3O3/c1-9-5-11(16-15)3-4-13(9)14(19)17-6-12(7-18)20-8-10(17)2/h3-5,10,12,16,18H,6-8,15H2,1-2H3. The number of hydrogen-bond donors (Lipinski definition) is 3. The molecule has 4 N–H and O–H groups in total. The molecule has 2 atom stereocenters. The van der Waals surface area contributed by atoms with Gasteiger partial charge in [-0.1, -0.05) is 0 Å². The molecule has 20 heavy (non-hydrogen) atoms. The SMILES string of the molecule is Cc1cc(NN)ccc1C(=O)N1CC(CO)OCC1C. The Kier molecular flexibility index (Phi) is 4.59. The van der Waals surface area contributed by atoms with Gasteiger partial charge in [0.1, 0.15) is 0 Å². The molecule has 1 heterocycles. The summed E-state index contributed by atoms with van der Waals surface area (Å²) in [4.78, 5) is 14.4. The van der Waals surface area contributed by atoms with Crippen LogP contribution in [0.5, 0.6) is 0 Å². The molecule has 1 fully saturated rings. The maximum absolute atomic E-state index is 12.6. The number of amides is 1. The number of carbonyl (C=O) groups is 1. The van der Waals surface area contributed by atoms with E-state index < -0.39 is 0 Å². The number of hydrazine groups is 1. The number of aliphatic hydroxyl groups is 1. The molecular formula is C14H21N3O3. The highest BCUT2D eigenvalue weighted by Gasteiger charge is 2.30. The van der Waals surface area contributed by atoms with Gasteiger partial charge in [0.05, 0.1) is 25.4 Å². The Labute approximate surface area is 118 Å². The predicted molar refractivity (Wildman–Crippen MR) is 76.3 cm³/mol. The van der Waals surface area contributed by atoms with Crippen molar-refractivity contribution < 1.29 is 14.6 Å². The molecular weight excluding hydrogens is 258 g/mol. The Balaban J connectivity index is 2.21. The van der Waals surface area contributed by atoms with Crippen LogP contribution in [0.2, 0.25) is 0 Å². The minimum Gasteiger partial charge on any atom is -0.394 e. The van der Waals surface area contributed by atoms with Gasteiger partial charge in [-0.3, -0.25) is 10.6 Å². The minimum atomic E-state index is -0.305. The summed E-state index contributed by atoms with van der Waals surface area (Å²) in [6, 6.07) is 5.37. The van der Waals surface area contributed by atoms with Gasteiger partial charge in [0.15, 0.2) is 0 Å². The second kappa shape index (κ2) is 6.21. The fourth-order valence-electron chi connectivity index (χ4n) is 2.36. The molecule has 1 amide bonds. The van der Waals surface area contributed by atoms with Crippen LogP contribution in [-0.2, 0) is 4.74 Å². The second-order valence-corrected chi connectivity index (χ2v) is 5.12. The summed E-state index contributed by atoms with van der Waals surface area (Å²) >= 11 is 0. The Morgan fingerprint density at radius 1 is 1.60 bits per heavy atom. The monoisotopic (exact) mass is 279 g/mol. The summed E-state index contributed by atoms with van der Waals surface area (Å²) in [5.74, 6) is 5.31. The molecule has 1 aliphatic rings. The van der Waals surface area contributed by atoms with E-state index >= 15 is 0 Å². The number of nitrogens with zero attached hydrogens (tertiary/aromatic N) is 1. The molecule has 2 rings (SSSR count). The lowest BCUT2D eigenvalue weighted by Gasteiger charge is -2.37. The lowest BCUT2D eigenvalue weighted by Crippen LogP contribution is -2.52. The third-order valence-electron chi connectivity index (χ3n) is 3.59. The topological polar surface area (TPSA) is 87.8 Å². The zero-order valence-electron chi connectivity index (χ0n) is 11.8. The van der Waals surface area contributed by atoms with Crippen LogP contribution >= 0.6 is 0 Å². The van der Waals surface area contributed by atoms with Crippen molar-refractivity contribution in [2.75, 3.05) is 25.2 Å². The maximum atomic E-state index is 12.6. The van der Waals surface area contributed by atoms with Crippen LogP contribution in [0.1, 0.15) is 22.8 Å². The van der Waals surface area contributed by atoms with Crippen LogP contribution in [0.4, 0.5) is 5.69 Å². The van der Waals surface area contributed by atoms with Gasteiger partial charge in [0.25, 0.3) is 5.91 Å². The van der Waals surface area contributed by atoms with E-state index in [-0.39, 0.29) is 24.7 Å². The highest BCUT2D eigenvalue weighted by Crippen LogP contribution is 2.20. The van der Waals surface area contributed by atoms with Crippen LogP contribution in [0.25, 0.3) is 0 Å². The van der Waals surface area contributed by atoms with Crippen molar-refractivity contribution in [1.29, 1.82) is 0 Å². The first kappa shape index (κ1) is 14.8. The number of hydrogen-bond acceptors (Lipinski definition) is 5. The van der Waals surface area contributed by atoms with E-state index in [2.05, 4.69) is 5.43 Å². The van der Waals surface area contributed by atoms with Crippen molar-refractivity contribution in [2.45, 2.75) is 26.0 Å². The third kappa shape index (κ3) is 2.92. The van der Waals surface area contributed by atoms with Crippen molar-refractivity contribution in [3.8, 4) is 0 Å². The molecule has 6 nitrogen and oxygen atoms in total. The average Bonchev–Trinajstić information content (AvgIpc) is 2.47. The Bertz CT molecular complexity index is 493. The maximum Gasteiger partial charge on any atom is 0.254 e. The zero-order valence-corrected chi connectivity index (χ0v) is 11.8. The van der Waals surface area contributed by atoms with E-state index in [4.69, 9.17) is 10.6 Å². The van der Waals surface area contributed by atoms with Crippen molar-refractivity contribution >= 4 is 11.6 Å². The van der Waals surface area contributed by atoms with Gasteiger partial charge in [0, 0.05) is 17.8 Å². The smallest absolute Gasteiger partial charge is 0.254 e. The number of benzene rings is 1. The van der Waals surface area contributed by atoms with E-state index in [1.807, 2.05) is 19.9 Å². The summed E-state index contributed by atoms with van der Waals surface area (Å²) in [6.07, 6.45) is -0.305. The normalized spacial score (nSPS) is 22.7. The molecule has 110 valence electrons. The number of ether oxygens (including phenoxy) is 1. The third-order valence-corrected chi connectivity index (χ3v) is 3.59. The lowest BCUT2D eigenvalue weighted by atomic mass is 10.0. The number of aliphatic hydroxyl groups excluding tert-OH is 1. The van der Waals surface area contributed by atoms with E-state index in [1.54, 1.807) is 17.0 Å². The summed E-state index contributed by atoms with van der Waals surface area (Å²) in [6.45, 7) is 4.59. The molecule has 0 spiro atoms. The highest BCUT2D eigenvalue weighted by atomic mass is 16.5. The number of morpholine rings is 1. The molecule has 0 saturated carbocycles. The van der Waals surface area contributed by atoms with Crippen molar-refractivity contribution in [3.05, 3.63) is 29.3 Å². The van der Waals surface area contributed by atoms with Crippen molar-refractivity contribution in [2.24, 2.45) is 5.84 Å². The summed E-state index contributed by atoms with van der Waals surface area (Å²) in [5.41, 5.74) is 4.84. The van der Waals surface area contributed by atoms with Crippen LogP contribution < -0.4 is 11.3 Å². The number of aryl methyl sites for hydroxylation is 1. The van der Waals surface area contributed by atoms with Gasteiger partial charge in [-0.2, -0.15) is 0 Å². The van der Waals surface area contributed by atoms with Crippen molar-refractivity contribution in [3.63, 3.8) is 0 Å². The van der Waals surface area contributed by atoms with Gasteiger partial charge < -0.3 is 20.2 Å². The quantitative estimate of drug-likeness (QED) is 0.554.